The number of methoxy groups -OCH3 is 1. The predicted octanol–water partition coefficient (Wildman–Crippen LogP) is 6.03. The number of thiazole rings is 1. The van der Waals surface area contributed by atoms with Crippen molar-refractivity contribution in [3.63, 3.8) is 0 Å². The van der Waals surface area contributed by atoms with E-state index in [0.29, 0.717) is 34.4 Å². The first kappa shape index (κ1) is 24.5. The molecule has 0 bridgehead atoms. The Balaban J connectivity index is 1.69. The SMILES string of the molecule is CCCOc1cccc([C@@H]2/C(=C(\O)c3ccc(OC)cc3)C(=O)C(=O)N2c2nc3ccc(C)cc3s2)c1. The number of aliphatic hydroxyl groups is 1. The Hall–Kier alpha value is -4.17. The summed E-state index contributed by atoms with van der Waals surface area (Å²) in [5.74, 6) is -0.539. The zero-order chi connectivity index (χ0) is 26.1. The summed E-state index contributed by atoms with van der Waals surface area (Å²) < 4.78 is 11.9. The van der Waals surface area contributed by atoms with E-state index in [1.807, 2.05) is 50.2 Å². The summed E-state index contributed by atoms with van der Waals surface area (Å²) in [6.07, 6.45) is 0.839. The fourth-order valence-electron chi connectivity index (χ4n) is 4.37. The molecular weight excluding hydrogens is 488 g/mol. The van der Waals surface area contributed by atoms with E-state index in [1.54, 1.807) is 37.4 Å². The number of carbonyl (C=O) groups excluding carboxylic acids is 2. The van der Waals surface area contributed by atoms with Gasteiger partial charge in [-0.05, 0) is 73.0 Å². The highest BCUT2D eigenvalue weighted by molar-refractivity contribution is 7.22. The van der Waals surface area contributed by atoms with Crippen molar-refractivity contribution in [2.45, 2.75) is 26.3 Å². The number of aliphatic hydroxyl groups excluding tert-OH is 1. The van der Waals surface area contributed by atoms with Gasteiger partial charge in [0.05, 0.1) is 35.5 Å². The third kappa shape index (κ3) is 4.56. The standard InChI is InChI=1S/C29H26N2O5S/c1-4-14-36-21-7-5-6-19(16-21)25-24(26(32)18-9-11-20(35-3)12-10-18)27(33)28(34)31(25)29-30-22-13-8-17(2)15-23(22)37-29/h5-13,15-16,25,32H,4,14H2,1-3H3/b26-24+/t25-/m1/s1. The molecule has 1 aromatic heterocycles. The van der Waals surface area contributed by atoms with Crippen molar-refractivity contribution in [1.29, 1.82) is 0 Å². The molecule has 2 heterocycles. The molecule has 1 atom stereocenters. The van der Waals surface area contributed by atoms with Gasteiger partial charge in [0.1, 0.15) is 17.3 Å². The number of ether oxygens (including phenoxy) is 2. The largest absolute Gasteiger partial charge is 0.507 e. The van der Waals surface area contributed by atoms with Crippen LogP contribution in [0.1, 0.15) is 36.1 Å². The number of ketones is 1. The first-order valence-corrected chi connectivity index (χ1v) is 12.8. The third-order valence-electron chi connectivity index (χ3n) is 6.19. The predicted molar refractivity (Wildman–Crippen MR) is 144 cm³/mol. The lowest BCUT2D eigenvalue weighted by Crippen LogP contribution is -2.29. The summed E-state index contributed by atoms with van der Waals surface area (Å²) in [6.45, 7) is 4.54. The van der Waals surface area contributed by atoms with E-state index in [1.165, 1.54) is 16.2 Å². The smallest absolute Gasteiger partial charge is 0.301 e. The zero-order valence-electron chi connectivity index (χ0n) is 20.7. The summed E-state index contributed by atoms with van der Waals surface area (Å²) in [5.41, 5.74) is 2.85. The summed E-state index contributed by atoms with van der Waals surface area (Å²) >= 11 is 1.34. The van der Waals surface area contributed by atoms with Gasteiger partial charge in [0, 0.05) is 5.56 Å². The minimum Gasteiger partial charge on any atom is -0.507 e. The van der Waals surface area contributed by atoms with Crippen LogP contribution in [0.4, 0.5) is 5.13 Å². The molecule has 0 radical (unpaired) electrons. The maximum Gasteiger partial charge on any atom is 0.301 e. The molecule has 1 aliphatic heterocycles. The normalized spacial score (nSPS) is 16.9. The van der Waals surface area contributed by atoms with Crippen molar-refractivity contribution in [2.24, 2.45) is 0 Å². The number of carbonyl (C=O) groups is 2. The van der Waals surface area contributed by atoms with Crippen molar-refractivity contribution in [3.8, 4) is 11.5 Å². The minimum atomic E-state index is -0.881. The lowest BCUT2D eigenvalue weighted by Gasteiger charge is -2.23. The summed E-state index contributed by atoms with van der Waals surface area (Å²) in [6, 6.07) is 18.9. The fourth-order valence-corrected chi connectivity index (χ4v) is 5.46. The van der Waals surface area contributed by atoms with E-state index in [2.05, 4.69) is 4.98 Å². The van der Waals surface area contributed by atoms with Crippen molar-refractivity contribution in [3.05, 3.63) is 89.0 Å². The molecule has 1 N–H and O–H groups in total. The number of amides is 1. The number of benzene rings is 3. The van der Waals surface area contributed by atoms with Crippen LogP contribution in [-0.4, -0.2) is 35.5 Å². The van der Waals surface area contributed by atoms with Gasteiger partial charge < -0.3 is 14.6 Å². The van der Waals surface area contributed by atoms with Crippen LogP contribution in [0, 0.1) is 6.92 Å². The first-order chi connectivity index (χ1) is 17.9. The number of aryl methyl sites for hydroxylation is 1. The van der Waals surface area contributed by atoms with E-state index >= 15 is 0 Å². The van der Waals surface area contributed by atoms with Crippen molar-refractivity contribution in [1.82, 2.24) is 4.98 Å². The van der Waals surface area contributed by atoms with Crippen molar-refractivity contribution >= 4 is 44.1 Å². The van der Waals surface area contributed by atoms with Crippen LogP contribution in [0.15, 0.2) is 72.3 Å². The number of aromatic nitrogens is 1. The van der Waals surface area contributed by atoms with E-state index in [4.69, 9.17) is 9.47 Å². The summed E-state index contributed by atoms with van der Waals surface area (Å²) in [7, 11) is 1.55. The second-order valence-electron chi connectivity index (χ2n) is 8.79. The number of nitrogens with zero attached hydrogens (tertiary/aromatic N) is 2. The lowest BCUT2D eigenvalue weighted by atomic mass is 9.95. The van der Waals surface area contributed by atoms with E-state index in [0.717, 1.165) is 22.2 Å². The average Bonchev–Trinajstić information content (AvgIpc) is 3.44. The van der Waals surface area contributed by atoms with Crippen LogP contribution in [0.3, 0.4) is 0 Å². The molecule has 1 amide bonds. The highest BCUT2D eigenvalue weighted by Gasteiger charge is 2.48. The van der Waals surface area contributed by atoms with Crippen LogP contribution in [0.25, 0.3) is 16.0 Å². The molecule has 1 saturated heterocycles. The van der Waals surface area contributed by atoms with Crippen molar-refractivity contribution < 1.29 is 24.2 Å². The van der Waals surface area contributed by atoms with Gasteiger partial charge in [-0.1, -0.05) is 36.5 Å². The number of fused-ring (bicyclic) bond motifs is 1. The quantitative estimate of drug-likeness (QED) is 0.184. The Kier molecular flexibility index (Phi) is 6.67. The molecule has 1 fully saturated rings. The number of Topliss-reactive ketones (excluding diaryl/α,β-unsaturated/α-hetero) is 1. The summed E-state index contributed by atoms with van der Waals surface area (Å²) in [4.78, 5) is 33.0. The third-order valence-corrected chi connectivity index (χ3v) is 7.21. The molecule has 0 spiro atoms. The number of hydrogen-bond donors (Lipinski definition) is 1. The number of rotatable bonds is 7. The highest BCUT2D eigenvalue weighted by Crippen LogP contribution is 2.45. The Morgan fingerprint density at radius 3 is 2.57 bits per heavy atom. The van der Waals surface area contributed by atoms with Gasteiger partial charge in [0.15, 0.2) is 5.13 Å². The Bertz CT molecular complexity index is 1520. The molecule has 3 aromatic carbocycles. The maximum atomic E-state index is 13.5. The van der Waals surface area contributed by atoms with Gasteiger partial charge in [0.25, 0.3) is 5.78 Å². The van der Waals surface area contributed by atoms with Gasteiger partial charge in [-0.2, -0.15) is 0 Å². The van der Waals surface area contributed by atoms with E-state index in [-0.39, 0.29) is 11.3 Å². The van der Waals surface area contributed by atoms with Crippen molar-refractivity contribution in [2.75, 3.05) is 18.6 Å². The molecule has 5 rings (SSSR count). The Morgan fingerprint density at radius 1 is 1.05 bits per heavy atom. The number of hydrogen-bond acceptors (Lipinski definition) is 7. The zero-order valence-corrected chi connectivity index (χ0v) is 21.5. The topological polar surface area (TPSA) is 89.0 Å². The molecule has 7 nitrogen and oxygen atoms in total. The summed E-state index contributed by atoms with van der Waals surface area (Å²) in [5, 5.41) is 11.7. The van der Waals surface area contributed by atoms with Crippen LogP contribution < -0.4 is 14.4 Å². The van der Waals surface area contributed by atoms with Gasteiger partial charge in [0.2, 0.25) is 0 Å². The van der Waals surface area contributed by atoms with Crippen LogP contribution in [0.2, 0.25) is 0 Å². The molecule has 37 heavy (non-hydrogen) atoms. The monoisotopic (exact) mass is 514 g/mol. The second kappa shape index (κ2) is 10.1. The van der Waals surface area contributed by atoms with Crippen LogP contribution in [-0.2, 0) is 9.59 Å². The molecule has 8 heteroatoms. The Morgan fingerprint density at radius 2 is 1.84 bits per heavy atom. The van der Waals surface area contributed by atoms with Gasteiger partial charge in [-0.25, -0.2) is 4.98 Å². The number of anilines is 1. The lowest BCUT2D eigenvalue weighted by molar-refractivity contribution is -0.132. The van der Waals surface area contributed by atoms with Crippen LogP contribution >= 0.6 is 11.3 Å². The fraction of sp³-hybridized carbons (Fsp3) is 0.207. The highest BCUT2D eigenvalue weighted by atomic mass is 32.1. The molecule has 0 saturated carbocycles. The Labute approximate surface area is 218 Å². The second-order valence-corrected chi connectivity index (χ2v) is 9.80. The molecular formula is C29H26N2O5S. The first-order valence-electron chi connectivity index (χ1n) is 12.0. The van der Waals surface area contributed by atoms with Gasteiger partial charge in [-0.3, -0.25) is 14.5 Å². The van der Waals surface area contributed by atoms with E-state index < -0.39 is 17.7 Å². The molecule has 188 valence electrons. The van der Waals surface area contributed by atoms with Crippen LogP contribution in [0.5, 0.6) is 11.5 Å². The van der Waals surface area contributed by atoms with E-state index in [9.17, 15) is 14.7 Å². The van der Waals surface area contributed by atoms with Gasteiger partial charge in [-0.15, -0.1) is 0 Å². The molecule has 0 unspecified atom stereocenters. The molecule has 4 aromatic rings. The minimum absolute atomic E-state index is 0.00162. The van der Waals surface area contributed by atoms with Gasteiger partial charge >= 0.3 is 5.91 Å². The average molecular weight is 515 g/mol. The molecule has 0 aliphatic carbocycles. The maximum absolute atomic E-state index is 13.5. The molecule has 1 aliphatic rings.